The summed E-state index contributed by atoms with van der Waals surface area (Å²) >= 11 is 0. The van der Waals surface area contributed by atoms with Gasteiger partial charge in [-0.05, 0) is 43.3 Å². The van der Waals surface area contributed by atoms with E-state index >= 15 is 0 Å². The van der Waals surface area contributed by atoms with Crippen molar-refractivity contribution in [1.82, 2.24) is 0 Å². The van der Waals surface area contributed by atoms with Crippen LogP contribution in [0, 0.1) is 0 Å². The molecule has 0 aliphatic carbocycles. The van der Waals surface area contributed by atoms with E-state index in [0.717, 1.165) is 0 Å². The zero-order valence-electron chi connectivity index (χ0n) is 14.4. The highest BCUT2D eigenvalue weighted by molar-refractivity contribution is 6.06. The Hall–Kier alpha value is -3.35. The number of anilines is 2. The van der Waals surface area contributed by atoms with Gasteiger partial charge in [-0.25, -0.2) is 4.79 Å². The lowest BCUT2D eigenvalue weighted by atomic mass is 10.2. The van der Waals surface area contributed by atoms with Gasteiger partial charge in [0.2, 0.25) is 5.91 Å². The van der Waals surface area contributed by atoms with Crippen LogP contribution in [0.25, 0.3) is 0 Å². The zero-order valence-corrected chi connectivity index (χ0v) is 14.4. The molecule has 7 nitrogen and oxygen atoms in total. The molecule has 0 bridgehead atoms. The van der Waals surface area contributed by atoms with E-state index in [9.17, 15) is 14.4 Å². The molecule has 0 spiro atoms. The van der Waals surface area contributed by atoms with Crippen LogP contribution in [0.15, 0.2) is 48.5 Å². The van der Waals surface area contributed by atoms with Gasteiger partial charge in [0.15, 0.2) is 6.10 Å². The first kappa shape index (κ1) is 17.5. The van der Waals surface area contributed by atoms with Crippen molar-refractivity contribution in [2.75, 3.05) is 23.9 Å². The smallest absolute Gasteiger partial charge is 0.337 e. The number of hydrogen-bond acceptors (Lipinski definition) is 5. The fourth-order valence-corrected chi connectivity index (χ4v) is 2.67. The average Bonchev–Trinajstić information content (AvgIpc) is 2.65. The zero-order chi connectivity index (χ0) is 18.7. The first-order chi connectivity index (χ1) is 12.5. The van der Waals surface area contributed by atoms with Gasteiger partial charge in [-0.1, -0.05) is 12.1 Å². The van der Waals surface area contributed by atoms with Crippen LogP contribution in [0.5, 0.6) is 5.75 Å². The van der Waals surface area contributed by atoms with Crippen LogP contribution in [0.1, 0.15) is 17.3 Å². The fourth-order valence-electron chi connectivity index (χ4n) is 2.67. The van der Waals surface area contributed by atoms with E-state index in [1.807, 2.05) is 6.07 Å². The highest BCUT2D eigenvalue weighted by Crippen LogP contribution is 2.33. The quantitative estimate of drug-likeness (QED) is 0.851. The van der Waals surface area contributed by atoms with Crippen LogP contribution in [-0.4, -0.2) is 37.5 Å². The number of esters is 1. The number of hydrogen-bond donors (Lipinski definition) is 1. The number of ether oxygens (including phenoxy) is 2. The standard InChI is InChI=1S/C19H18N2O5/c1-12-18(23)21(15-5-3-4-6-16(15)26-12)11-17(22)20-14-9-7-13(8-10-14)19(24)25-2/h3-10,12H,11H2,1-2H3,(H,20,22). The third-order valence-corrected chi connectivity index (χ3v) is 3.97. The molecule has 0 radical (unpaired) electrons. The van der Waals surface area contributed by atoms with Crippen LogP contribution < -0.4 is 15.0 Å². The molecule has 1 aliphatic rings. The van der Waals surface area contributed by atoms with Crippen LogP contribution in [0.2, 0.25) is 0 Å². The van der Waals surface area contributed by atoms with Crippen LogP contribution in [0.3, 0.4) is 0 Å². The molecule has 2 amide bonds. The monoisotopic (exact) mass is 354 g/mol. The number of carbonyl (C=O) groups is 3. The Kier molecular flexibility index (Phi) is 4.88. The molecular weight excluding hydrogens is 336 g/mol. The molecule has 3 rings (SSSR count). The van der Waals surface area contributed by atoms with E-state index in [2.05, 4.69) is 10.1 Å². The SMILES string of the molecule is COC(=O)c1ccc(NC(=O)CN2C(=O)C(C)Oc3ccccc32)cc1. The van der Waals surface area contributed by atoms with Gasteiger partial charge in [-0.3, -0.25) is 14.5 Å². The summed E-state index contributed by atoms with van der Waals surface area (Å²) in [6.07, 6.45) is -0.656. The number of amides is 2. The van der Waals surface area contributed by atoms with E-state index in [-0.39, 0.29) is 18.4 Å². The molecule has 1 heterocycles. The van der Waals surface area contributed by atoms with E-state index in [1.54, 1.807) is 49.4 Å². The molecule has 0 saturated carbocycles. The maximum Gasteiger partial charge on any atom is 0.337 e. The van der Waals surface area contributed by atoms with Gasteiger partial charge in [-0.15, -0.1) is 0 Å². The lowest BCUT2D eigenvalue weighted by molar-refractivity contribution is -0.127. The number of nitrogens with one attached hydrogen (secondary N) is 1. The Labute approximate surface area is 150 Å². The summed E-state index contributed by atoms with van der Waals surface area (Å²) in [6.45, 7) is 1.51. The highest BCUT2D eigenvalue weighted by Gasteiger charge is 2.32. The highest BCUT2D eigenvalue weighted by atomic mass is 16.5. The second-order valence-electron chi connectivity index (χ2n) is 5.77. The van der Waals surface area contributed by atoms with E-state index in [4.69, 9.17) is 4.74 Å². The molecule has 0 aromatic heterocycles. The van der Waals surface area contributed by atoms with Crippen molar-refractivity contribution in [2.45, 2.75) is 13.0 Å². The van der Waals surface area contributed by atoms with Gasteiger partial charge < -0.3 is 14.8 Å². The molecule has 1 aliphatic heterocycles. The molecule has 1 N–H and O–H groups in total. The van der Waals surface area contributed by atoms with Crippen LogP contribution in [0.4, 0.5) is 11.4 Å². The Morgan fingerprint density at radius 1 is 1.15 bits per heavy atom. The molecule has 7 heteroatoms. The molecule has 2 aromatic carbocycles. The van der Waals surface area contributed by atoms with Crippen molar-refractivity contribution in [2.24, 2.45) is 0 Å². The van der Waals surface area contributed by atoms with Gasteiger partial charge in [-0.2, -0.15) is 0 Å². The molecule has 26 heavy (non-hydrogen) atoms. The van der Waals surface area contributed by atoms with Crippen molar-refractivity contribution in [3.63, 3.8) is 0 Å². The number of benzene rings is 2. The second kappa shape index (κ2) is 7.26. The van der Waals surface area contributed by atoms with Crippen molar-refractivity contribution >= 4 is 29.2 Å². The predicted octanol–water partition coefficient (Wildman–Crippen LogP) is 2.23. The van der Waals surface area contributed by atoms with Gasteiger partial charge in [0.25, 0.3) is 5.91 Å². The molecule has 2 aromatic rings. The van der Waals surface area contributed by atoms with Crippen LogP contribution in [-0.2, 0) is 14.3 Å². The summed E-state index contributed by atoms with van der Waals surface area (Å²) in [5.41, 5.74) is 1.47. The first-order valence-electron chi connectivity index (χ1n) is 8.05. The third-order valence-electron chi connectivity index (χ3n) is 3.97. The number of carbonyl (C=O) groups excluding carboxylic acids is 3. The minimum Gasteiger partial charge on any atom is -0.479 e. The van der Waals surface area contributed by atoms with Crippen molar-refractivity contribution in [1.29, 1.82) is 0 Å². The Morgan fingerprint density at radius 2 is 1.85 bits per heavy atom. The summed E-state index contributed by atoms with van der Waals surface area (Å²) in [5.74, 6) is -0.518. The third kappa shape index (κ3) is 3.51. The van der Waals surface area contributed by atoms with Gasteiger partial charge in [0.1, 0.15) is 12.3 Å². The molecule has 0 saturated heterocycles. The fraction of sp³-hybridized carbons (Fsp3) is 0.211. The number of rotatable bonds is 4. The largest absolute Gasteiger partial charge is 0.479 e. The van der Waals surface area contributed by atoms with Gasteiger partial charge in [0.05, 0.1) is 18.4 Å². The summed E-state index contributed by atoms with van der Waals surface area (Å²) in [5, 5.41) is 2.71. The van der Waals surface area contributed by atoms with E-state index in [0.29, 0.717) is 22.7 Å². The molecule has 0 fully saturated rings. The molecular formula is C19H18N2O5. The number of para-hydroxylation sites is 2. The van der Waals surface area contributed by atoms with E-state index < -0.39 is 12.1 Å². The molecule has 1 atom stereocenters. The summed E-state index contributed by atoms with van der Waals surface area (Å²) in [4.78, 5) is 37.6. The predicted molar refractivity (Wildman–Crippen MR) is 95.3 cm³/mol. The maximum absolute atomic E-state index is 12.4. The number of nitrogens with zero attached hydrogens (tertiary/aromatic N) is 1. The average molecular weight is 354 g/mol. The topological polar surface area (TPSA) is 84.9 Å². The van der Waals surface area contributed by atoms with E-state index in [1.165, 1.54) is 12.0 Å². The summed E-state index contributed by atoms with van der Waals surface area (Å²) < 4.78 is 10.2. The van der Waals surface area contributed by atoms with Crippen LogP contribution >= 0.6 is 0 Å². The lowest BCUT2D eigenvalue weighted by Crippen LogP contribution is -2.47. The first-order valence-corrected chi connectivity index (χ1v) is 8.05. The Morgan fingerprint density at radius 3 is 2.54 bits per heavy atom. The lowest BCUT2D eigenvalue weighted by Gasteiger charge is -2.32. The second-order valence-corrected chi connectivity index (χ2v) is 5.77. The van der Waals surface area contributed by atoms with Gasteiger partial charge in [0, 0.05) is 5.69 Å². The Balaban J connectivity index is 1.71. The summed E-state index contributed by atoms with van der Waals surface area (Å²) in [7, 11) is 1.30. The van der Waals surface area contributed by atoms with Gasteiger partial charge >= 0.3 is 5.97 Å². The molecule has 1 unspecified atom stereocenters. The normalized spacial score (nSPS) is 15.7. The van der Waals surface area contributed by atoms with Crippen molar-refractivity contribution in [3.8, 4) is 5.75 Å². The molecule has 134 valence electrons. The van der Waals surface area contributed by atoms with Crippen molar-refractivity contribution < 1.29 is 23.9 Å². The Bertz CT molecular complexity index is 847. The number of fused-ring (bicyclic) bond motifs is 1. The number of methoxy groups -OCH3 is 1. The van der Waals surface area contributed by atoms with Crippen molar-refractivity contribution in [3.05, 3.63) is 54.1 Å². The minimum atomic E-state index is -0.656. The summed E-state index contributed by atoms with van der Waals surface area (Å²) in [6, 6.07) is 13.4. The maximum atomic E-state index is 12.4. The minimum absolute atomic E-state index is 0.137.